The Labute approximate surface area is 175 Å². The molecule has 0 atom stereocenters. The molecule has 0 unspecified atom stereocenters. The molecule has 29 heavy (non-hydrogen) atoms. The lowest BCUT2D eigenvalue weighted by Crippen LogP contribution is -2.22. The van der Waals surface area contributed by atoms with Crippen LogP contribution in [0.15, 0.2) is 54.7 Å². The van der Waals surface area contributed by atoms with Gasteiger partial charge in [0.05, 0.1) is 23.1 Å². The van der Waals surface area contributed by atoms with Crippen molar-refractivity contribution >= 4 is 29.1 Å². The SMILES string of the molecule is CC(C)c1c(C(=O)Nc2cccc(C(=O)N(C)C)c2)cnn1-c1cccc(Cl)c1. The van der Waals surface area contributed by atoms with Gasteiger partial charge in [0.15, 0.2) is 0 Å². The van der Waals surface area contributed by atoms with Gasteiger partial charge in [-0.2, -0.15) is 5.10 Å². The first-order valence-electron chi connectivity index (χ1n) is 9.25. The number of carbonyl (C=O) groups excluding carboxylic acids is 2. The summed E-state index contributed by atoms with van der Waals surface area (Å²) >= 11 is 6.11. The second kappa shape index (κ2) is 8.49. The van der Waals surface area contributed by atoms with E-state index in [4.69, 9.17) is 11.6 Å². The van der Waals surface area contributed by atoms with E-state index >= 15 is 0 Å². The number of hydrogen-bond acceptors (Lipinski definition) is 3. The van der Waals surface area contributed by atoms with Crippen LogP contribution in [0.25, 0.3) is 5.69 Å². The summed E-state index contributed by atoms with van der Waals surface area (Å²) in [6.45, 7) is 4.01. The number of rotatable bonds is 5. The average molecular weight is 411 g/mol. The summed E-state index contributed by atoms with van der Waals surface area (Å²) in [5, 5.41) is 7.89. The Hall–Kier alpha value is -3.12. The van der Waals surface area contributed by atoms with Gasteiger partial charge in [-0.15, -0.1) is 0 Å². The number of nitrogens with one attached hydrogen (secondary N) is 1. The Balaban J connectivity index is 1.92. The van der Waals surface area contributed by atoms with Crippen molar-refractivity contribution in [2.75, 3.05) is 19.4 Å². The van der Waals surface area contributed by atoms with Gasteiger partial charge in [0.2, 0.25) is 0 Å². The smallest absolute Gasteiger partial charge is 0.259 e. The highest BCUT2D eigenvalue weighted by molar-refractivity contribution is 6.30. The minimum atomic E-state index is -0.281. The van der Waals surface area contributed by atoms with Gasteiger partial charge < -0.3 is 10.2 Å². The quantitative estimate of drug-likeness (QED) is 0.668. The van der Waals surface area contributed by atoms with E-state index in [1.807, 2.05) is 26.0 Å². The lowest BCUT2D eigenvalue weighted by Gasteiger charge is -2.14. The Morgan fingerprint density at radius 2 is 1.83 bits per heavy atom. The number of halogens is 1. The van der Waals surface area contributed by atoms with Crippen molar-refractivity contribution < 1.29 is 9.59 Å². The van der Waals surface area contributed by atoms with Crippen LogP contribution in [0.5, 0.6) is 0 Å². The number of nitrogens with zero attached hydrogens (tertiary/aromatic N) is 3. The molecule has 150 valence electrons. The first-order chi connectivity index (χ1) is 13.8. The molecule has 0 aliphatic heterocycles. The number of benzene rings is 2. The van der Waals surface area contributed by atoms with Crippen molar-refractivity contribution in [2.24, 2.45) is 0 Å². The van der Waals surface area contributed by atoms with E-state index in [-0.39, 0.29) is 17.7 Å². The Morgan fingerprint density at radius 1 is 1.10 bits per heavy atom. The van der Waals surface area contributed by atoms with E-state index in [0.717, 1.165) is 11.4 Å². The molecule has 0 saturated carbocycles. The van der Waals surface area contributed by atoms with Gasteiger partial charge >= 0.3 is 0 Å². The third-order valence-electron chi connectivity index (χ3n) is 4.42. The zero-order chi connectivity index (χ0) is 21.1. The van der Waals surface area contributed by atoms with Crippen molar-refractivity contribution in [3.05, 3.63) is 76.6 Å². The molecule has 0 fully saturated rings. The molecule has 0 saturated heterocycles. The second-order valence-electron chi connectivity index (χ2n) is 7.22. The summed E-state index contributed by atoms with van der Waals surface area (Å²) in [4.78, 5) is 26.6. The zero-order valence-corrected chi connectivity index (χ0v) is 17.6. The van der Waals surface area contributed by atoms with E-state index in [1.54, 1.807) is 61.4 Å². The van der Waals surface area contributed by atoms with Crippen molar-refractivity contribution in [3.8, 4) is 5.69 Å². The molecule has 6 nitrogen and oxygen atoms in total. The molecular formula is C22H23ClN4O2. The van der Waals surface area contributed by atoms with Gasteiger partial charge in [0, 0.05) is 30.4 Å². The lowest BCUT2D eigenvalue weighted by molar-refractivity contribution is 0.0827. The van der Waals surface area contributed by atoms with Crippen molar-refractivity contribution in [3.63, 3.8) is 0 Å². The molecule has 3 aromatic rings. The molecule has 2 amide bonds. The molecule has 0 spiro atoms. The molecule has 1 aromatic heterocycles. The fourth-order valence-corrected chi connectivity index (χ4v) is 3.27. The van der Waals surface area contributed by atoms with E-state index < -0.39 is 0 Å². The lowest BCUT2D eigenvalue weighted by atomic mass is 10.0. The number of amides is 2. The van der Waals surface area contributed by atoms with Crippen LogP contribution >= 0.6 is 11.6 Å². The maximum absolute atomic E-state index is 13.0. The number of aromatic nitrogens is 2. The van der Waals surface area contributed by atoms with Crippen molar-refractivity contribution in [2.45, 2.75) is 19.8 Å². The molecule has 2 aromatic carbocycles. The van der Waals surface area contributed by atoms with Crippen LogP contribution < -0.4 is 5.32 Å². The number of anilines is 1. The van der Waals surface area contributed by atoms with Crippen LogP contribution in [0.2, 0.25) is 5.02 Å². The zero-order valence-electron chi connectivity index (χ0n) is 16.8. The number of hydrogen-bond donors (Lipinski definition) is 1. The van der Waals surface area contributed by atoms with E-state index in [0.29, 0.717) is 21.8 Å². The highest BCUT2D eigenvalue weighted by Crippen LogP contribution is 2.25. The van der Waals surface area contributed by atoms with Gasteiger partial charge in [0.25, 0.3) is 11.8 Å². The van der Waals surface area contributed by atoms with Crippen LogP contribution in [-0.4, -0.2) is 40.6 Å². The third kappa shape index (κ3) is 4.49. The van der Waals surface area contributed by atoms with Gasteiger partial charge in [-0.25, -0.2) is 4.68 Å². The maximum Gasteiger partial charge on any atom is 0.259 e. The fraction of sp³-hybridized carbons (Fsp3) is 0.227. The second-order valence-corrected chi connectivity index (χ2v) is 7.66. The molecule has 0 bridgehead atoms. The first kappa shape index (κ1) is 20.6. The maximum atomic E-state index is 13.0. The predicted molar refractivity (Wildman–Crippen MR) is 115 cm³/mol. The summed E-state index contributed by atoms with van der Waals surface area (Å²) < 4.78 is 1.73. The third-order valence-corrected chi connectivity index (χ3v) is 4.66. The van der Waals surface area contributed by atoms with Gasteiger partial charge in [-0.3, -0.25) is 9.59 Å². The van der Waals surface area contributed by atoms with E-state index in [9.17, 15) is 9.59 Å². The molecule has 0 aliphatic rings. The summed E-state index contributed by atoms with van der Waals surface area (Å²) in [7, 11) is 3.37. The monoisotopic (exact) mass is 410 g/mol. The fourth-order valence-electron chi connectivity index (χ4n) is 3.09. The Kier molecular flexibility index (Phi) is 6.03. The highest BCUT2D eigenvalue weighted by atomic mass is 35.5. The van der Waals surface area contributed by atoms with Crippen LogP contribution in [0, 0.1) is 0 Å². The first-order valence-corrected chi connectivity index (χ1v) is 9.62. The topological polar surface area (TPSA) is 67.2 Å². The number of carbonyl (C=O) groups is 2. The highest BCUT2D eigenvalue weighted by Gasteiger charge is 2.21. The Morgan fingerprint density at radius 3 is 2.48 bits per heavy atom. The molecule has 0 radical (unpaired) electrons. The van der Waals surface area contributed by atoms with E-state index in [2.05, 4.69) is 10.4 Å². The van der Waals surface area contributed by atoms with Crippen LogP contribution in [0.1, 0.15) is 46.2 Å². The average Bonchev–Trinajstić information content (AvgIpc) is 3.13. The molecule has 7 heteroatoms. The van der Waals surface area contributed by atoms with Gasteiger partial charge in [0.1, 0.15) is 0 Å². The molecule has 0 aliphatic carbocycles. The van der Waals surface area contributed by atoms with Gasteiger partial charge in [-0.05, 0) is 42.3 Å². The largest absolute Gasteiger partial charge is 0.345 e. The van der Waals surface area contributed by atoms with Crippen molar-refractivity contribution in [1.82, 2.24) is 14.7 Å². The van der Waals surface area contributed by atoms with Crippen LogP contribution in [0.3, 0.4) is 0 Å². The predicted octanol–water partition coefficient (Wildman–Crippen LogP) is 4.60. The normalized spacial score (nSPS) is 10.8. The van der Waals surface area contributed by atoms with Crippen LogP contribution in [-0.2, 0) is 0 Å². The summed E-state index contributed by atoms with van der Waals surface area (Å²) in [6.07, 6.45) is 1.56. The summed E-state index contributed by atoms with van der Waals surface area (Å²) in [6, 6.07) is 14.2. The van der Waals surface area contributed by atoms with Crippen molar-refractivity contribution in [1.29, 1.82) is 0 Å². The molecule has 1 N–H and O–H groups in total. The summed E-state index contributed by atoms with van der Waals surface area (Å²) in [5.41, 5.74) is 3.10. The Bertz CT molecular complexity index is 1060. The minimum Gasteiger partial charge on any atom is -0.345 e. The standard InChI is InChI=1S/C22H23ClN4O2/c1-14(2)20-19(13-24-27(20)18-10-6-8-16(23)12-18)21(28)25-17-9-5-7-15(11-17)22(29)26(3)4/h5-14H,1-4H3,(H,25,28). The van der Waals surface area contributed by atoms with Crippen LogP contribution in [0.4, 0.5) is 5.69 Å². The molecular weight excluding hydrogens is 388 g/mol. The molecule has 1 heterocycles. The summed E-state index contributed by atoms with van der Waals surface area (Å²) in [5.74, 6) is -0.354. The van der Waals surface area contributed by atoms with E-state index in [1.165, 1.54) is 4.90 Å². The minimum absolute atomic E-state index is 0.0545. The molecule has 3 rings (SSSR count). The van der Waals surface area contributed by atoms with Gasteiger partial charge in [-0.1, -0.05) is 37.6 Å².